The van der Waals surface area contributed by atoms with Crippen LogP contribution in [0.3, 0.4) is 0 Å². The average Bonchev–Trinajstić information content (AvgIpc) is 2.60. The van der Waals surface area contributed by atoms with Gasteiger partial charge in [0.1, 0.15) is 5.75 Å². The molecule has 5 heteroatoms. The highest BCUT2D eigenvalue weighted by atomic mass is 16.5. The van der Waals surface area contributed by atoms with E-state index in [4.69, 9.17) is 4.74 Å². The second-order valence-electron chi connectivity index (χ2n) is 9.22. The van der Waals surface area contributed by atoms with E-state index in [-0.39, 0.29) is 11.3 Å². The van der Waals surface area contributed by atoms with Crippen molar-refractivity contribution in [1.29, 1.82) is 0 Å². The third-order valence-corrected chi connectivity index (χ3v) is 6.78. The van der Waals surface area contributed by atoms with Crippen molar-refractivity contribution in [2.24, 2.45) is 23.2 Å². The fraction of sp³-hybridized carbons (Fsp3) is 0.522. The number of carbonyl (C=O) groups is 1. The first-order valence-electron chi connectivity index (χ1n) is 10.4. The summed E-state index contributed by atoms with van der Waals surface area (Å²) in [7, 11) is 0. The van der Waals surface area contributed by atoms with Crippen LogP contribution in [0.2, 0.25) is 0 Å². The Morgan fingerprint density at radius 2 is 1.61 bits per heavy atom. The van der Waals surface area contributed by atoms with E-state index in [0.29, 0.717) is 11.8 Å². The van der Waals surface area contributed by atoms with Crippen LogP contribution < -0.4 is 10.1 Å². The number of rotatable bonds is 4. The third kappa shape index (κ3) is 3.27. The van der Waals surface area contributed by atoms with Gasteiger partial charge in [-0.05, 0) is 88.3 Å². The lowest BCUT2D eigenvalue weighted by Gasteiger charge is -2.55. The van der Waals surface area contributed by atoms with Gasteiger partial charge in [-0.25, -0.2) is 9.97 Å². The molecule has 1 N–H and O–H groups in total. The lowest BCUT2D eigenvalue weighted by atomic mass is 9.49. The highest BCUT2D eigenvalue weighted by molar-refractivity contribution is 5.95. The van der Waals surface area contributed by atoms with E-state index in [1.165, 1.54) is 19.3 Å². The number of benzene rings is 1. The van der Waals surface area contributed by atoms with Gasteiger partial charge in [-0.3, -0.25) is 4.79 Å². The highest BCUT2D eigenvalue weighted by Gasteiger charge is 2.54. The molecule has 4 fully saturated rings. The molecule has 0 atom stereocenters. The Bertz CT molecular complexity index is 868. The summed E-state index contributed by atoms with van der Waals surface area (Å²) >= 11 is 0. The van der Waals surface area contributed by atoms with Gasteiger partial charge in [0.05, 0.1) is 5.41 Å². The Balaban J connectivity index is 1.32. The van der Waals surface area contributed by atoms with Crippen molar-refractivity contribution < 1.29 is 9.53 Å². The number of aryl methyl sites for hydroxylation is 2. The van der Waals surface area contributed by atoms with Gasteiger partial charge in [-0.2, -0.15) is 0 Å². The first kappa shape index (κ1) is 17.7. The summed E-state index contributed by atoms with van der Waals surface area (Å²) in [5, 5.41) is 3.19. The van der Waals surface area contributed by atoms with Crippen LogP contribution in [-0.4, -0.2) is 15.9 Å². The summed E-state index contributed by atoms with van der Waals surface area (Å²) in [6.45, 7) is 3.84. The molecule has 1 amide bonds. The summed E-state index contributed by atoms with van der Waals surface area (Å²) in [6, 6.07) is 9.79. The molecule has 0 spiro atoms. The zero-order valence-electron chi connectivity index (χ0n) is 16.6. The van der Waals surface area contributed by atoms with Gasteiger partial charge in [0.15, 0.2) is 0 Å². The number of hydrogen-bond acceptors (Lipinski definition) is 4. The minimum Gasteiger partial charge on any atom is -0.424 e. The van der Waals surface area contributed by atoms with Crippen molar-refractivity contribution >= 4 is 11.6 Å². The van der Waals surface area contributed by atoms with Crippen LogP contribution in [0.4, 0.5) is 5.69 Å². The van der Waals surface area contributed by atoms with Crippen molar-refractivity contribution in [3.63, 3.8) is 0 Å². The van der Waals surface area contributed by atoms with E-state index < -0.39 is 0 Å². The lowest BCUT2D eigenvalue weighted by Crippen LogP contribution is -2.51. The van der Waals surface area contributed by atoms with Crippen LogP contribution in [0.5, 0.6) is 11.8 Å². The Kier molecular flexibility index (Phi) is 4.14. The molecular weight excluding hydrogens is 350 g/mol. The molecule has 6 rings (SSSR count). The van der Waals surface area contributed by atoms with Crippen LogP contribution >= 0.6 is 0 Å². The monoisotopic (exact) mass is 377 g/mol. The molecule has 1 aromatic heterocycles. The molecule has 0 aliphatic heterocycles. The van der Waals surface area contributed by atoms with Crippen molar-refractivity contribution in [1.82, 2.24) is 9.97 Å². The number of hydrogen-bond donors (Lipinski definition) is 1. The number of anilines is 1. The SMILES string of the molecule is Cc1cc(C)nc(Oc2cccc(NC(=O)C34CC5CC(CC(C5)C3)C4)c2)n1. The van der Waals surface area contributed by atoms with E-state index in [1.807, 2.05) is 44.2 Å². The standard InChI is InChI=1S/C23H27N3O2/c1-14-6-15(2)25-22(24-14)28-20-5-3-4-19(10-20)26-21(27)23-11-16-7-17(12-23)9-18(8-16)13-23/h3-6,10,16-18H,7-9,11-13H2,1-2H3,(H,26,27). The molecular formula is C23H27N3O2. The fourth-order valence-corrected chi connectivity index (χ4v) is 6.13. The molecule has 0 unspecified atom stereocenters. The maximum Gasteiger partial charge on any atom is 0.322 e. The van der Waals surface area contributed by atoms with E-state index in [2.05, 4.69) is 15.3 Å². The number of aromatic nitrogens is 2. The molecule has 4 bridgehead atoms. The summed E-state index contributed by atoms with van der Waals surface area (Å²) in [5.74, 6) is 3.11. The summed E-state index contributed by atoms with van der Waals surface area (Å²) in [6.07, 6.45) is 7.22. The lowest BCUT2D eigenvalue weighted by molar-refractivity contribution is -0.140. The molecule has 146 valence electrons. The Hall–Kier alpha value is -2.43. The molecule has 1 heterocycles. The maximum absolute atomic E-state index is 13.2. The molecule has 0 saturated heterocycles. The molecule has 0 radical (unpaired) electrons. The van der Waals surface area contributed by atoms with Gasteiger partial charge in [0.25, 0.3) is 0 Å². The zero-order valence-corrected chi connectivity index (χ0v) is 16.6. The van der Waals surface area contributed by atoms with Crippen molar-refractivity contribution in [3.05, 3.63) is 41.7 Å². The van der Waals surface area contributed by atoms with Gasteiger partial charge in [0.2, 0.25) is 5.91 Å². The highest BCUT2D eigenvalue weighted by Crippen LogP contribution is 2.60. The summed E-state index contributed by atoms with van der Waals surface area (Å²) in [4.78, 5) is 21.9. The molecule has 4 aliphatic carbocycles. The Morgan fingerprint density at radius 3 is 2.21 bits per heavy atom. The third-order valence-electron chi connectivity index (χ3n) is 6.78. The molecule has 28 heavy (non-hydrogen) atoms. The van der Waals surface area contributed by atoms with Crippen molar-refractivity contribution in [2.45, 2.75) is 52.4 Å². The number of nitrogens with zero attached hydrogens (tertiary/aromatic N) is 2. The van der Waals surface area contributed by atoms with Crippen LogP contribution in [0.1, 0.15) is 49.9 Å². The second kappa shape index (κ2) is 6.57. The van der Waals surface area contributed by atoms with E-state index in [1.54, 1.807) is 0 Å². The normalized spacial score (nSPS) is 30.3. The zero-order chi connectivity index (χ0) is 19.3. The van der Waals surface area contributed by atoms with Crippen LogP contribution in [0, 0.1) is 37.0 Å². The quantitative estimate of drug-likeness (QED) is 0.811. The topological polar surface area (TPSA) is 64.1 Å². The number of nitrogens with one attached hydrogen (secondary N) is 1. The largest absolute Gasteiger partial charge is 0.424 e. The smallest absolute Gasteiger partial charge is 0.322 e. The maximum atomic E-state index is 13.2. The molecule has 1 aromatic carbocycles. The van der Waals surface area contributed by atoms with E-state index in [9.17, 15) is 4.79 Å². The average molecular weight is 377 g/mol. The van der Waals surface area contributed by atoms with Crippen molar-refractivity contribution in [2.75, 3.05) is 5.32 Å². The fourth-order valence-electron chi connectivity index (χ4n) is 6.13. The first-order valence-corrected chi connectivity index (χ1v) is 10.4. The minimum absolute atomic E-state index is 0.150. The summed E-state index contributed by atoms with van der Waals surface area (Å²) < 4.78 is 5.84. The van der Waals surface area contributed by atoms with Gasteiger partial charge in [-0.15, -0.1) is 0 Å². The van der Waals surface area contributed by atoms with Crippen LogP contribution in [0.25, 0.3) is 0 Å². The van der Waals surface area contributed by atoms with Gasteiger partial charge in [-0.1, -0.05) is 6.07 Å². The van der Waals surface area contributed by atoms with Gasteiger partial charge in [0, 0.05) is 23.1 Å². The van der Waals surface area contributed by atoms with Gasteiger partial charge >= 0.3 is 6.01 Å². The number of ether oxygens (including phenoxy) is 1. The Morgan fingerprint density at radius 1 is 1.00 bits per heavy atom. The number of amides is 1. The predicted octanol–water partition coefficient (Wildman–Crippen LogP) is 5.04. The second-order valence-corrected chi connectivity index (χ2v) is 9.22. The first-order chi connectivity index (χ1) is 13.5. The molecule has 4 aliphatic rings. The minimum atomic E-state index is -0.150. The number of carbonyl (C=O) groups excluding carboxylic acids is 1. The van der Waals surface area contributed by atoms with Crippen molar-refractivity contribution in [3.8, 4) is 11.8 Å². The van der Waals surface area contributed by atoms with E-state index in [0.717, 1.165) is 54.1 Å². The Labute approximate surface area is 165 Å². The molecule has 4 saturated carbocycles. The van der Waals surface area contributed by atoms with Gasteiger partial charge < -0.3 is 10.1 Å². The predicted molar refractivity (Wildman–Crippen MR) is 107 cm³/mol. The van der Waals surface area contributed by atoms with Crippen LogP contribution in [-0.2, 0) is 4.79 Å². The molecule has 2 aromatic rings. The summed E-state index contributed by atoms with van der Waals surface area (Å²) in [5.41, 5.74) is 2.37. The van der Waals surface area contributed by atoms with E-state index >= 15 is 0 Å². The van der Waals surface area contributed by atoms with Crippen LogP contribution in [0.15, 0.2) is 30.3 Å². The molecule has 5 nitrogen and oxygen atoms in total.